The number of ether oxygens (including phenoxy) is 1. The average Bonchev–Trinajstić information content (AvgIpc) is 2.55. The summed E-state index contributed by atoms with van der Waals surface area (Å²) in [6.07, 6.45) is 2.87. The minimum Gasteiger partial charge on any atom is -0.394 e. The maximum Gasteiger partial charge on any atom is 0.270 e. The van der Waals surface area contributed by atoms with E-state index in [-0.39, 0.29) is 18.8 Å². The Labute approximate surface area is 120 Å². The summed E-state index contributed by atoms with van der Waals surface area (Å²) in [6, 6.07) is 4.74. The molecule has 110 valence electrons. The molecule has 0 bridgehead atoms. The smallest absolute Gasteiger partial charge is 0.270 e. The van der Waals surface area contributed by atoms with Crippen molar-refractivity contribution in [2.75, 3.05) is 26.4 Å². The second-order valence-corrected chi connectivity index (χ2v) is 4.82. The molecule has 1 aliphatic rings. The lowest BCUT2D eigenvalue weighted by atomic mass is 10.2. The molecule has 2 aromatic heterocycles. The van der Waals surface area contributed by atoms with Gasteiger partial charge in [-0.25, -0.2) is 4.98 Å². The van der Waals surface area contributed by atoms with E-state index in [2.05, 4.69) is 4.98 Å². The molecular formula is C14H15N3O4. The van der Waals surface area contributed by atoms with E-state index in [4.69, 9.17) is 4.74 Å². The molecule has 21 heavy (non-hydrogen) atoms. The summed E-state index contributed by atoms with van der Waals surface area (Å²) in [5, 5.41) is 9.33. The highest BCUT2D eigenvalue weighted by molar-refractivity contribution is 5.94. The van der Waals surface area contributed by atoms with Crippen molar-refractivity contribution in [3.8, 4) is 0 Å². The van der Waals surface area contributed by atoms with Gasteiger partial charge in [0.15, 0.2) is 0 Å². The second-order valence-electron chi connectivity index (χ2n) is 4.82. The van der Waals surface area contributed by atoms with Crippen LogP contribution in [0.3, 0.4) is 0 Å². The molecule has 0 aromatic carbocycles. The number of morpholine rings is 1. The number of pyridine rings is 1. The SMILES string of the molecule is O=C(c1cnc2ccccn2c1=O)N1CCOCC1CO. The van der Waals surface area contributed by atoms with Gasteiger partial charge < -0.3 is 14.7 Å². The van der Waals surface area contributed by atoms with Gasteiger partial charge in [-0.05, 0) is 12.1 Å². The molecule has 1 fully saturated rings. The van der Waals surface area contributed by atoms with E-state index in [1.807, 2.05) is 0 Å². The lowest BCUT2D eigenvalue weighted by molar-refractivity contribution is -0.0185. The number of nitrogens with zero attached hydrogens (tertiary/aromatic N) is 3. The van der Waals surface area contributed by atoms with Crippen LogP contribution in [0.25, 0.3) is 5.65 Å². The first-order chi connectivity index (χ1) is 10.2. The fourth-order valence-electron chi connectivity index (χ4n) is 2.40. The fourth-order valence-corrected chi connectivity index (χ4v) is 2.40. The zero-order chi connectivity index (χ0) is 14.8. The number of aliphatic hydroxyl groups excluding tert-OH is 1. The molecule has 0 spiro atoms. The van der Waals surface area contributed by atoms with Crippen LogP contribution in [0.2, 0.25) is 0 Å². The molecule has 3 heterocycles. The third-order valence-corrected chi connectivity index (χ3v) is 3.54. The van der Waals surface area contributed by atoms with Crippen LogP contribution in [-0.4, -0.2) is 57.7 Å². The summed E-state index contributed by atoms with van der Waals surface area (Å²) in [5.74, 6) is -0.423. The van der Waals surface area contributed by atoms with Gasteiger partial charge in [0, 0.05) is 18.9 Å². The molecule has 1 aliphatic heterocycles. The topological polar surface area (TPSA) is 84.1 Å². The molecule has 1 saturated heterocycles. The minimum absolute atomic E-state index is 0.000880. The first kappa shape index (κ1) is 13.7. The predicted molar refractivity (Wildman–Crippen MR) is 74.2 cm³/mol. The Bertz CT molecular complexity index is 727. The molecule has 1 atom stereocenters. The van der Waals surface area contributed by atoms with E-state index in [0.29, 0.717) is 18.8 Å². The van der Waals surface area contributed by atoms with Crippen LogP contribution < -0.4 is 5.56 Å². The summed E-state index contributed by atoms with van der Waals surface area (Å²) in [6.45, 7) is 0.810. The first-order valence-corrected chi connectivity index (χ1v) is 6.68. The van der Waals surface area contributed by atoms with Crippen molar-refractivity contribution in [3.63, 3.8) is 0 Å². The van der Waals surface area contributed by atoms with Gasteiger partial charge in [-0.15, -0.1) is 0 Å². The van der Waals surface area contributed by atoms with Crippen LogP contribution in [0.15, 0.2) is 35.4 Å². The highest BCUT2D eigenvalue weighted by Crippen LogP contribution is 2.10. The maximum atomic E-state index is 12.5. The molecule has 0 aliphatic carbocycles. The number of hydrogen-bond acceptors (Lipinski definition) is 5. The molecule has 1 unspecified atom stereocenters. The van der Waals surface area contributed by atoms with Crippen LogP contribution in [0.4, 0.5) is 0 Å². The standard InChI is InChI=1S/C14H15N3O4/c18-8-10-9-21-6-5-16(10)13(19)11-7-15-12-3-1-2-4-17(12)14(11)20/h1-4,7,10,18H,5-6,8-9H2. The minimum atomic E-state index is -0.429. The molecule has 2 aromatic rings. The molecule has 7 heteroatoms. The summed E-state index contributed by atoms with van der Waals surface area (Å²) in [4.78, 5) is 30.5. The fraction of sp³-hybridized carbons (Fsp3) is 0.357. The van der Waals surface area contributed by atoms with Gasteiger partial charge in [-0.3, -0.25) is 14.0 Å². The van der Waals surface area contributed by atoms with E-state index in [1.54, 1.807) is 24.4 Å². The Morgan fingerprint density at radius 2 is 2.33 bits per heavy atom. The van der Waals surface area contributed by atoms with Crippen LogP contribution in [0, 0.1) is 0 Å². The normalized spacial score (nSPS) is 18.9. The number of amides is 1. The Morgan fingerprint density at radius 3 is 3.14 bits per heavy atom. The van der Waals surface area contributed by atoms with Crippen molar-refractivity contribution in [2.45, 2.75) is 6.04 Å². The van der Waals surface area contributed by atoms with E-state index >= 15 is 0 Å². The van der Waals surface area contributed by atoms with E-state index in [0.717, 1.165) is 0 Å². The van der Waals surface area contributed by atoms with Crippen molar-refractivity contribution < 1.29 is 14.6 Å². The third-order valence-electron chi connectivity index (χ3n) is 3.54. The lowest BCUT2D eigenvalue weighted by Crippen LogP contribution is -2.51. The molecule has 0 radical (unpaired) electrons. The van der Waals surface area contributed by atoms with Crippen molar-refractivity contribution in [1.29, 1.82) is 0 Å². The number of rotatable bonds is 2. The lowest BCUT2D eigenvalue weighted by Gasteiger charge is -2.34. The van der Waals surface area contributed by atoms with Crippen molar-refractivity contribution in [3.05, 3.63) is 46.5 Å². The van der Waals surface area contributed by atoms with Gasteiger partial charge in [0.2, 0.25) is 0 Å². The third kappa shape index (κ3) is 2.41. The van der Waals surface area contributed by atoms with Gasteiger partial charge in [-0.1, -0.05) is 6.07 Å². The summed E-state index contributed by atoms with van der Waals surface area (Å²) < 4.78 is 6.57. The highest BCUT2D eigenvalue weighted by Gasteiger charge is 2.29. The number of hydrogen-bond donors (Lipinski definition) is 1. The molecule has 7 nitrogen and oxygen atoms in total. The van der Waals surface area contributed by atoms with Crippen molar-refractivity contribution in [1.82, 2.24) is 14.3 Å². The van der Waals surface area contributed by atoms with Crippen LogP contribution >= 0.6 is 0 Å². The van der Waals surface area contributed by atoms with Crippen LogP contribution in [-0.2, 0) is 4.74 Å². The molecule has 3 rings (SSSR count). The number of aromatic nitrogens is 2. The monoisotopic (exact) mass is 289 g/mol. The first-order valence-electron chi connectivity index (χ1n) is 6.68. The highest BCUT2D eigenvalue weighted by atomic mass is 16.5. The summed E-state index contributed by atoms with van der Waals surface area (Å²) in [7, 11) is 0. The number of carbonyl (C=O) groups excluding carboxylic acids is 1. The van der Waals surface area contributed by atoms with E-state index in [1.165, 1.54) is 15.5 Å². The molecule has 1 amide bonds. The Balaban J connectivity index is 2.01. The van der Waals surface area contributed by atoms with Gasteiger partial charge in [-0.2, -0.15) is 0 Å². The maximum absolute atomic E-state index is 12.5. The van der Waals surface area contributed by atoms with Gasteiger partial charge in [0.05, 0.1) is 25.9 Å². The quantitative estimate of drug-likeness (QED) is 0.808. The molecular weight excluding hydrogens is 274 g/mol. The van der Waals surface area contributed by atoms with Crippen molar-refractivity contribution in [2.24, 2.45) is 0 Å². The van der Waals surface area contributed by atoms with Gasteiger partial charge >= 0.3 is 0 Å². The Kier molecular flexibility index (Phi) is 3.68. The van der Waals surface area contributed by atoms with E-state index in [9.17, 15) is 14.7 Å². The number of carbonyl (C=O) groups is 1. The van der Waals surface area contributed by atoms with E-state index < -0.39 is 17.5 Å². The zero-order valence-corrected chi connectivity index (χ0v) is 11.3. The van der Waals surface area contributed by atoms with Gasteiger partial charge in [0.25, 0.3) is 11.5 Å². The van der Waals surface area contributed by atoms with Crippen molar-refractivity contribution >= 4 is 11.6 Å². The Morgan fingerprint density at radius 1 is 1.48 bits per heavy atom. The summed E-state index contributed by atoms with van der Waals surface area (Å²) >= 11 is 0. The number of fused-ring (bicyclic) bond motifs is 1. The second kappa shape index (κ2) is 5.63. The van der Waals surface area contributed by atoms with Crippen LogP contribution in [0.5, 0.6) is 0 Å². The van der Waals surface area contributed by atoms with Gasteiger partial charge in [0.1, 0.15) is 11.2 Å². The van der Waals surface area contributed by atoms with Crippen LogP contribution in [0.1, 0.15) is 10.4 Å². The Hall–Kier alpha value is -2.25. The predicted octanol–water partition coefficient (Wildman–Crippen LogP) is -0.472. The largest absolute Gasteiger partial charge is 0.394 e. The average molecular weight is 289 g/mol. The molecule has 1 N–H and O–H groups in total. The number of aliphatic hydroxyl groups is 1. The molecule has 0 saturated carbocycles. The summed E-state index contributed by atoms with van der Waals surface area (Å²) in [5.41, 5.74) is 0.0765. The zero-order valence-electron chi connectivity index (χ0n) is 11.3.